The fourth-order valence-corrected chi connectivity index (χ4v) is 3.82. The summed E-state index contributed by atoms with van der Waals surface area (Å²) in [5.41, 5.74) is -0.0699. The molecule has 2 N–H and O–H groups in total. The quantitative estimate of drug-likeness (QED) is 0.809. The van der Waals surface area contributed by atoms with Gasteiger partial charge in [-0.2, -0.15) is 0 Å². The van der Waals surface area contributed by atoms with Crippen molar-refractivity contribution in [2.24, 2.45) is 12.5 Å². The molecule has 9 heteroatoms. The number of aromatic nitrogens is 3. The molecule has 0 radical (unpaired) electrons. The Morgan fingerprint density at radius 2 is 2.05 bits per heavy atom. The van der Waals surface area contributed by atoms with E-state index in [2.05, 4.69) is 31.0 Å². The largest absolute Gasteiger partial charge is 0.392 e. The van der Waals surface area contributed by atoms with E-state index < -0.39 is 16.1 Å². The summed E-state index contributed by atoms with van der Waals surface area (Å²) in [4.78, 5) is 0. The van der Waals surface area contributed by atoms with Crippen LogP contribution in [0.25, 0.3) is 0 Å². The second-order valence-electron chi connectivity index (χ2n) is 5.58. The summed E-state index contributed by atoms with van der Waals surface area (Å²) in [6.45, 7) is 5.89. The minimum atomic E-state index is -3.75. The van der Waals surface area contributed by atoms with Gasteiger partial charge in [-0.1, -0.05) is 26.0 Å². The minimum Gasteiger partial charge on any atom is -0.392 e. The van der Waals surface area contributed by atoms with E-state index in [1.54, 1.807) is 0 Å². The Morgan fingerprint density at radius 3 is 2.47 bits per heavy atom. The lowest BCUT2D eigenvalue weighted by atomic mass is 9.89. The molecule has 0 aliphatic rings. The maximum Gasteiger partial charge on any atom is 0.260 e. The first-order chi connectivity index (χ1) is 8.53. The van der Waals surface area contributed by atoms with Gasteiger partial charge in [-0.15, -0.1) is 5.10 Å². The molecule has 0 saturated carbocycles. The van der Waals surface area contributed by atoms with Gasteiger partial charge in [0.1, 0.15) is 0 Å². The molecule has 0 saturated heterocycles. The molecule has 19 heavy (non-hydrogen) atoms. The molecule has 0 bridgehead atoms. The molecule has 110 valence electrons. The van der Waals surface area contributed by atoms with E-state index in [0.29, 0.717) is 6.42 Å². The zero-order chi connectivity index (χ0) is 14.8. The van der Waals surface area contributed by atoms with Gasteiger partial charge in [0, 0.05) is 13.6 Å². The summed E-state index contributed by atoms with van der Waals surface area (Å²) in [7, 11) is -2.26. The molecule has 1 aromatic rings. The minimum absolute atomic E-state index is 0.0444. The summed E-state index contributed by atoms with van der Waals surface area (Å²) in [5, 5.41) is 17.0. The predicted molar refractivity (Wildman–Crippen MR) is 74.0 cm³/mol. The fourth-order valence-electron chi connectivity index (χ4n) is 1.66. The molecule has 1 unspecified atom stereocenters. The zero-order valence-electron chi connectivity index (χ0n) is 11.4. The summed E-state index contributed by atoms with van der Waals surface area (Å²) < 4.78 is 27.8. The Balaban J connectivity index is 2.72. The molecule has 1 rings (SSSR count). The van der Waals surface area contributed by atoms with Gasteiger partial charge >= 0.3 is 0 Å². The van der Waals surface area contributed by atoms with Crippen molar-refractivity contribution in [1.82, 2.24) is 19.7 Å². The number of aryl methyl sites for hydroxylation is 1. The number of nitrogens with one attached hydrogen (secondary N) is 1. The SMILES string of the molecule is Cn1nnc(Br)c1S(=O)(=O)NCC(O)CC(C)(C)C. The topological polar surface area (TPSA) is 97.1 Å². The Hall–Kier alpha value is -0.510. The molecule has 0 spiro atoms. The van der Waals surface area contributed by atoms with E-state index in [-0.39, 0.29) is 21.6 Å². The van der Waals surface area contributed by atoms with Crippen LogP contribution < -0.4 is 4.72 Å². The van der Waals surface area contributed by atoms with Crippen molar-refractivity contribution in [2.45, 2.75) is 38.3 Å². The van der Waals surface area contributed by atoms with Crippen LogP contribution in [0.4, 0.5) is 0 Å². The first-order valence-corrected chi connectivity index (χ1v) is 8.03. The lowest BCUT2D eigenvalue weighted by molar-refractivity contribution is 0.125. The third-order valence-electron chi connectivity index (χ3n) is 2.35. The Kier molecular flexibility index (Phi) is 5.10. The lowest BCUT2D eigenvalue weighted by Gasteiger charge is -2.22. The van der Waals surface area contributed by atoms with Crippen LogP contribution in [0, 0.1) is 5.41 Å². The van der Waals surface area contributed by atoms with Crippen LogP contribution in [0.3, 0.4) is 0 Å². The smallest absolute Gasteiger partial charge is 0.260 e. The predicted octanol–water partition coefficient (Wildman–Crippen LogP) is 0.653. The van der Waals surface area contributed by atoms with Crippen molar-refractivity contribution in [3.63, 3.8) is 0 Å². The van der Waals surface area contributed by atoms with Gasteiger partial charge in [0.2, 0.25) is 5.03 Å². The number of rotatable bonds is 5. The highest BCUT2D eigenvalue weighted by Crippen LogP contribution is 2.21. The number of hydrogen-bond donors (Lipinski definition) is 2. The number of hydrogen-bond acceptors (Lipinski definition) is 5. The molecule has 0 amide bonds. The van der Waals surface area contributed by atoms with Gasteiger partial charge in [0.25, 0.3) is 10.0 Å². The second kappa shape index (κ2) is 5.86. The molecular weight excluding hydrogens is 336 g/mol. The number of aliphatic hydroxyl groups excluding tert-OH is 1. The van der Waals surface area contributed by atoms with Crippen LogP contribution in [0.15, 0.2) is 9.63 Å². The number of sulfonamides is 1. The number of halogens is 1. The zero-order valence-corrected chi connectivity index (χ0v) is 13.8. The van der Waals surface area contributed by atoms with Gasteiger partial charge in [0.05, 0.1) is 6.10 Å². The normalized spacial score (nSPS) is 14.6. The van der Waals surface area contributed by atoms with Gasteiger partial charge in [-0.25, -0.2) is 17.8 Å². The third-order valence-corrected chi connectivity index (χ3v) is 4.66. The maximum atomic E-state index is 12.1. The van der Waals surface area contributed by atoms with Crippen LogP contribution in [0.2, 0.25) is 0 Å². The second-order valence-corrected chi connectivity index (χ2v) is 8.01. The van der Waals surface area contributed by atoms with Crippen LogP contribution in [-0.2, 0) is 17.1 Å². The van der Waals surface area contributed by atoms with Crippen molar-refractivity contribution < 1.29 is 13.5 Å². The van der Waals surface area contributed by atoms with Gasteiger partial charge in [0.15, 0.2) is 4.60 Å². The van der Waals surface area contributed by atoms with Crippen molar-refractivity contribution in [1.29, 1.82) is 0 Å². The van der Waals surface area contributed by atoms with E-state index in [1.807, 2.05) is 20.8 Å². The standard InChI is InChI=1S/C10H19BrN4O3S/c1-10(2,3)5-7(16)6-12-19(17,18)9-8(11)13-14-15(9)4/h7,12,16H,5-6H2,1-4H3. The average molecular weight is 355 g/mol. The van der Waals surface area contributed by atoms with Crippen LogP contribution >= 0.6 is 15.9 Å². The van der Waals surface area contributed by atoms with Gasteiger partial charge in [-0.05, 0) is 27.8 Å². The summed E-state index contributed by atoms with van der Waals surface area (Å²) in [6.07, 6.45) is -0.241. The number of nitrogens with zero attached hydrogens (tertiary/aromatic N) is 3. The summed E-state index contributed by atoms with van der Waals surface area (Å²) in [5.74, 6) is 0. The maximum absolute atomic E-state index is 12.1. The molecule has 0 aromatic carbocycles. The van der Waals surface area contributed by atoms with E-state index in [1.165, 1.54) is 7.05 Å². The van der Waals surface area contributed by atoms with E-state index in [0.717, 1.165) is 4.68 Å². The summed E-state index contributed by atoms with van der Waals surface area (Å²) >= 11 is 3.03. The Morgan fingerprint density at radius 1 is 1.47 bits per heavy atom. The Labute approximate surface area is 121 Å². The van der Waals surface area contributed by atoms with E-state index in [4.69, 9.17) is 0 Å². The van der Waals surface area contributed by atoms with Gasteiger partial charge in [-0.3, -0.25) is 0 Å². The molecule has 0 aliphatic carbocycles. The monoisotopic (exact) mass is 354 g/mol. The van der Waals surface area contributed by atoms with Crippen molar-refractivity contribution in [2.75, 3.05) is 6.54 Å². The molecule has 1 aromatic heterocycles. The lowest BCUT2D eigenvalue weighted by Crippen LogP contribution is -2.35. The highest BCUT2D eigenvalue weighted by atomic mass is 79.9. The Bertz CT molecular complexity index is 516. The fraction of sp³-hybridized carbons (Fsp3) is 0.800. The highest BCUT2D eigenvalue weighted by molar-refractivity contribution is 9.10. The molecule has 1 heterocycles. The molecule has 7 nitrogen and oxygen atoms in total. The van der Waals surface area contributed by atoms with Crippen LogP contribution in [0.5, 0.6) is 0 Å². The van der Waals surface area contributed by atoms with Crippen LogP contribution in [-0.4, -0.2) is 41.2 Å². The number of aliphatic hydroxyl groups is 1. The van der Waals surface area contributed by atoms with Crippen molar-refractivity contribution >= 4 is 26.0 Å². The molecular formula is C10H19BrN4O3S. The first-order valence-electron chi connectivity index (χ1n) is 5.76. The molecule has 1 atom stereocenters. The molecule has 0 aliphatic heterocycles. The average Bonchev–Trinajstić information content (AvgIpc) is 2.54. The van der Waals surface area contributed by atoms with Crippen LogP contribution in [0.1, 0.15) is 27.2 Å². The van der Waals surface area contributed by atoms with Crippen molar-refractivity contribution in [3.05, 3.63) is 4.60 Å². The summed E-state index contributed by atoms with van der Waals surface area (Å²) in [6, 6.07) is 0. The van der Waals surface area contributed by atoms with E-state index in [9.17, 15) is 13.5 Å². The highest BCUT2D eigenvalue weighted by Gasteiger charge is 2.25. The first kappa shape index (κ1) is 16.5. The van der Waals surface area contributed by atoms with Gasteiger partial charge < -0.3 is 5.11 Å². The third kappa shape index (κ3) is 4.83. The van der Waals surface area contributed by atoms with Crippen molar-refractivity contribution in [3.8, 4) is 0 Å². The van der Waals surface area contributed by atoms with E-state index >= 15 is 0 Å². The molecule has 0 fully saturated rings.